The second kappa shape index (κ2) is 7.44. The number of hydrogen-bond acceptors (Lipinski definition) is 5. The first-order valence-corrected chi connectivity index (χ1v) is 12.5. The van der Waals surface area contributed by atoms with E-state index in [0.29, 0.717) is 17.2 Å². The van der Waals surface area contributed by atoms with E-state index >= 15 is 0 Å². The quantitative estimate of drug-likeness (QED) is 0.328. The Kier molecular flexibility index (Phi) is 4.36. The van der Waals surface area contributed by atoms with Crippen LogP contribution in [-0.2, 0) is 6.54 Å². The monoisotopic (exact) mass is 451 g/mol. The van der Waals surface area contributed by atoms with Crippen LogP contribution in [0.4, 0.5) is 5.13 Å². The van der Waals surface area contributed by atoms with E-state index in [1.54, 1.807) is 5.57 Å². The number of hydrogen-bond donors (Lipinski definition) is 1. The number of nitrogens with zero attached hydrogens (tertiary/aromatic N) is 2. The van der Waals surface area contributed by atoms with E-state index < -0.39 is 0 Å². The van der Waals surface area contributed by atoms with E-state index in [4.69, 9.17) is 10.5 Å². The van der Waals surface area contributed by atoms with Gasteiger partial charge in [-0.2, -0.15) is 0 Å². The van der Waals surface area contributed by atoms with Gasteiger partial charge in [0.1, 0.15) is 11.3 Å². The van der Waals surface area contributed by atoms with Gasteiger partial charge in [-0.3, -0.25) is 4.90 Å². The number of fused-ring (bicyclic) bond motifs is 6. The van der Waals surface area contributed by atoms with Gasteiger partial charge in [-0.1, -0.05) is 65.4 Å². The summed E-state index contributed by atoms with van der Waals surface area (Å²) in [6.45, 7) is 1.05. The molecule has 0 saturated carbocycles. The Morgan fingerprint density at radius 2 is 1.67 bits per heavy atom. The fourth-order valence-corrected chi connectivity index (χ4v) is 6.78. The third kappa shape index (κ3) is 3.10. The lowest BCUT2D eigenvalue weighted by molar-refractivity contribution is 0.157. The molecule has 33 heavy (non-hydrogen) atoms. The first-order chi connectivity index (χ1) is 16.2. The Labute approximate surface area is 197 Å². The van der Waals surface area contributed by atoms with Crippen LogP contribution in [0, 0.1) is 0 Å². The number of aromatic nitrogens is 1. The second-order valence-electron chi connectivity index (χ2n) is 9.37. The molecule has 0 aliphatic carbocycles. The van der Waals surface area contributed by atoms with Crippen molar-refractivity contribution in [2.45, 2.75) is 44.3 Å². The molecule has 7 rings (SSSR count). The molecule has 2 fully saturated rings. The minimum atomic E-state index is 0.585. The van der Waals surface area contributed by atoms with Crippen molar-refractivity contribution < 1.29 is 4.74 Å². The highest BCUT2D eigenvalue weighted by atomic mass is 32.1. The number of nitrogen functional groups attached to an aromatic ring is 1. The summed E-state index contributed by atoms with van der Waals surface area (Å²) in [6, 6.07) is 24.9. The smallest absolute Gasteiger partial charge is 0.181 e. The van der Waals surface area contributed by atoms with Gasteiger partial charge in [-0.05, 0) is 55.0 Å². The van der Waals surface area contributed by atoms with E-state index in [-0.39, 0.29) is 0 Å². The Morgan fingerprint density at radius 3 is 2.48 bits per heavy atom. The topological polar surface area (TPSA) is 51.4 Å². The lowest BCUT2D eigenvalue weighted by atomic mass is 9.83. The average Bonchev–Trinajstić information content (AvgIpc) is 3.32. The number of anilines is 1. The molecule has 2 atom stereocenters. The van der Waals surface area contributed by atoms with Gasteiger partial charge in [-0.15, -0.1) is 0 Å². The third-order valence-corrected chi connectivity index (χ3v) is 8.32. The van der Waals surface area contributed by atoms with Crippen molar-refractivity contribution in [3.63, 3.8) is 0 Å². The summed E-state index contributed by atoms with van der Waals surface area (Å²) < 4.78 is 7.52. The molecule has 4 nitrogen and oxygen atoms in total. The highest BCUT2D eigenvalue weighted by molar-refractivity contribution is 7.22. The van der Waals surface area contributed by atoms with Crippen LogP contribution in [0.3, 0.4) is 0 Å². The van der Waals surface area contributed by atoms with Crippen molar-refractivity contribution in [2.24, 2.45) is 0 Å². The van der Waals surface area contributed by atoms with Crippen molar-refractivity contribution in [3.05, 3.63) is 89.0 Å². The van der Waals surface area contributed by atoms with Gasteiger partial charge in [0.15, 0.2) is 10.9 Å². The lowest BCUT2D eigenvalue weighted by Gasteiger charge is -2.38. The average molecular weight is 452 g/mol. The van der Waals surface area contributed by atoms with Gasteiger partial charge < -0.3 is 10.5 Å². The van der Waals surface area contributed by atoms with Crippen LogP contribution in [0.5, 0.6) is 11.5 Å². The van der Waals surface area contributed by atoms with Gasteiger partial charge >= 0.3 is 0 Å². The number of nitrogens with two attached hydrogens (primary N) is 1. The fourth-order valence-electron chi connectivity index (χ4n) is 6.05. The lowest BCUT2D eigenvalue weighted by Crippen LogP contribution is -2.40. The molecule has 3 aliphatic heterocycles. The second-order valence-corrected chi connectivity index (χ2v) is 10.4. The number of para-hydroxylation sites is 1. The molecule has 5 heteroatoms. The summed E-state index contributed by atoms with van der Waals surface area (Å²) in [5, 5.41) is 0.585. The van der Waals surface area contributed by atoms with Crippen LogP contribution < -0.4 is 10.5 Å². The van der Waals surface area contributed by atoms with Gasteiger partial charge in [0.2, 0.25) is 0 Å². The minimum Gasteiger partial charge on any atom is -0.454 e. The molecule has 2 N–H and O–H groups in total. The van der Waals surface area contributed by atoms with E-state index in [9.17, 15) is 0 Å². The van der Waals surface area contributed by atoms with Crippen LogP contribution >= 0.6 is 11.3 Å². The summed E-state index contributed by atoms with van der Waals surface area (Å²) in [7, 11) is 0. The maximum Gasteiger partial charge on any atom is 0.181 e. The van der Waals surface area contributed by atoms with E-state index in [0.717, 1.165) is 46.7 Å². The van der Waals surface area contributed by atoms with Crippen LogP contribution in [0.25, 0.3) is 15.8 Å². The van der Waals surface area contributed by atoms with E-state index in [1.807, 2.05) is 6.07 Å². The SMILES string of the molecule is Nc1nc2c3c(ccc2s1)C(=C1CC2CCC(C1)N2Cc1ccccc1)c1ccccc1O3. The zero-order valence-electron chi connectivity index (χ0n) is 18.3. The summed E-state index contributed by atoms with van der Waals surface area (Å²) in [4.78, 5) is 7.37. The summed E-state index contributed by atoms with van der Waals surface area (Å²) >= 11 is 1.52. The van der Waals surface area contributed by atoms with Crippen molar-refractivity contribution in [3.8, 4) is 11.5 Å². The highest BCUT2D eigenvalue weighted by Gasteiger charge is 2.40. The number of piperidine rings is 1. The van der Waals surface area contributed by atoms with Crippen LogP contribution in [0.2, 0.25) is 0 Å². The number of benzene rings is 3. The number of ether oxygens (including phenoxy) is 1. The molecule has 0 spiro atoms. The summed E-state index contributed by atoms with van der Waals surface area (Å²) in [6.07, 6.45) is 4.79. The molecule has 4 heterocycles. The normalized spacial score (nSPS) is 21.7. The number of rotatable bonds is 2. The minimum absolute atomic E-state index is 0.585. The molecule has 0 amide bonds. The van der Waals surface area contributed by atoms with Gasteiger partial charge in [-0.25, -0.2) is 4.98 Å². The molecule has 3 aromatic carbocycles. The molecule has 164 valence electrons. The standard InChI is InChI=1S/C28H25N3OS/c29-28-30-26-24(33-28)13-12-22-25(21-8-4-5-9-23(21)32-27(22)26)18-14-19-10-11-20(15-18)31(19)16-17-6-2-1-3-7-17/h1-9,12-13,19-20H,10-11,14-16H2,(H2,29,30). The molecule has 4 aromatic rings. The Bertz CT molecular complexity index is 1390. The molecule has 2 saturated heterocycles. The fraction of sp³-hybridized carbons (Fsp3) is 0.250. The van der Waals surface area contributed by atoms with E-state index in [2.05, 4.69) is 70.5 Å². The summed E-state index contributed by atoms with van der Waals surface area (Å²) in [5.74, 6) is 1.78. The highest BCUT2D eigenvalue weighted by Crippen LogP contribution is 2.51. The van der Waals surface area contributed by atoms with Crippen LogP contribution in [-0.4, -0.2) is 22.0 Å². The van der Waals surface area contributed by atoms with Crippen LogP contribution in [0.1, 0.15) is 42.4 Å². The molecular formula is C28H25N3OS. The molecule has 0 radical (unpaired) electrons. The maximum atomic E-state index is 6.44. The van der Waals surface area contributed by atoms with E-state index in [1.165, 1.54) is 40.9 Å². The molecule has 3 aliphatic rings. The zero-order valence-corrected chi connectivity index (χ0v) is 19.1. The van der Waals surface area contributed by atoms with Gasteiger partial charge in [0.05, 0.1) is 4.70 Å². The predicted molar refractivity (Wildman–Crippen MR) is 135 cm³/mol. The summed E-state index contributed by atoms with van der Waals surface area (Å²) in [5.41, 5.74) is 13.6. The first kappa shape index (κ1) is 19.3. The van der Waals surface area contributed by atoms with Crippen molar-refractivity contribution in [1.29, 1.82) is 0 Å². The van der Waals surface area contributed by atoms with Gasteiger partial charge in [0.25, 0.3) is 0 Å². The van der Waals surface area contributed by atoms with Gasteiger partial charge in [0, 0.05) is 29.8 Å². The van der Waals surface area contributed by atoms with Crippen molar-refractivity contribution in [2.75, 3.05) is 5.73 Å². The molecular weight excluding hydrogens is 426 g/mol. The largest absolute Gasteiger partial charge is 0.454 e. The first-order valence-electron chi connectivity index (χ1n) is 11.7. The Balaban J connectivity index is 1.34. The third-order valence-electron chi connectivity index (χ3n) is 7.47. The predicted octanol–water partition coefficient (Wildman–Crippen LogP) is 6.61. The molecule has 2 unspecified atom stereocenters. The maximum absolute atomic E-state index is 6.44. The molecule has 1 aromatic heterocycles. The Hall–Kier alpha value is -3.15. The van der Waals surface area contributed by atoms with Crippen LogP contribution in [0.15, 0.2) is 72.3 Å². The molecule has 2 bridgehead atoms. The zero-order chi connectivity index (χ0) is 21.9. The van der Waals surface area contributed by atoms with Crippen molar-refractivity contribution in [1.82, 2.24) is 9.88 Å². The van der Waals surface area contributed by atoms with Crippen molar-refractivity contribution >= 4 is 32.3 Å². The Morgan fingerprint density at radius 1 is 0.909 bits per heavy atom. The number of thiazole rings is 1.